The monoisotopic (exact) mass is 400 g/mol. The Morgan fingerprint density at radius 2 is 1.53 bits per heavy atom. The Kier molecular flexibility index (Phi) is 5.75. The number of carbonyl (C=O) groups excluding carboxylic acids is 1. The molecule has 152 valence electrons. The van der Waals surface area contributed by atoms with Crippen LogP contribution in [0.1, 0.15) is 42.9 Å². The molecule has 1 fully saturated rings. The lowest BCUT2D eigenvalue weighted by atomic mass is 9.85. The molecule has 3 nitrogen and oxygen atoms in total. The number of carbonyl (C=O) groups is 1. The summed E-state index contributed by atoms with van der Waals surface area (Å²) in [4.78, 5) is 13.1. The minimum absolute atomic E-state index is 0.0848. The molecule has 1 atom stereocenters. The van der Waals surface area contributed by atoms with E-state index in [0.717, 1.165) is 35.2 Å². The van der Waals surface area contributed by atoms with Crippen LogP contribution in [0, 0.1) is 11.7 Å². The highest BCUT2D eigenvalue weighted by atomic mass is 19.1. The molecule has 0 aliphatic heterocycles. The van der Waals surface area contributed by atoms with Crippen LogP contribution in [-0.2, 0) is 10.2 Å². The van der Waals surface area contributed by atoms with Crippen LogP contribution in [0.15, 0.2) is 90.0 Å². The van der Waals surface area contributed by atoms with Gasteiger partial charge in [-0.15, -0.1) is 0 Å². The summed E-state index contributed by atoms with van der Waals surface area (Å²) in [6, 6.07) is 26.6. The van der Waals surface area contributed by atoms with Gasteiger partial charge in [0.25, 0.3) is 0 Å². The summed E-state index contributed by atoms with van der Waals surface area (Å²) in [5.74, 6) is -0.548. The van der Waals surface area contributed by atoms with Gasteiger partial charge in [0.2, 0.25) is 5.91 Å². The molecule has 1 aliphatic carbocycles. The van der Waals surface area contributed by atoms with Crippen LogP contribution in [0.4, 0.5) is 4.39 Å². The molecule has 3 aromatic rings. The van der Waals surface area contributed by atoms with Gasteiger partial charge in [-0.3, -0.25) is 4.79 Å². The minimum Gasteiger partial charge on any atom is -0.273 e. The number of hydrogen-bond acceptors (Lipinski definition) is 2. The minimum atomic E-state index is -0.317. The number of rotatable bonds is 7. The summed E-state index contributed by atoms with van der Waals surface area (Å²) in [6.07, 6.45) is 2.34. The quantitative estimate of drug-likeness (QED) is 0.416. The van der Waals surface area contributed by atoms with Crippen molar-refractivity contribution in [1.29, 1.82) is 0 Å². The fraction of sp³-hybridized carbons (Fsp3) is 0.231. The number of hydrazone groups is 1. The Hall–Kier alpha value is -3.27. The summed E-state index contributed by atoms with van der Waals surface area (Å²) in [5.41, 5.74) is 6.35. The molecule has 0 spiro atoms. The SMILES string of the molecule is CCCC(=NNC(=O)[C@@H]1CC1(c1ccccc1)c1ccccc1)c1ccc(F)cc1. The van der Waals surface area contributed by atoms with Crippen LogP contribution in [-0.4, -0.2) is 11.6 Å². The Balaban J connectivity index is 1.58. The zero-order chi connectivity index (χ0) is 21.0. The van der Waals surface area contributed by atoms with Gasteiger partial charge in [-0.05, 0) is 41.7 Å². The number of benzene rings is 3. The van der Waals surface area contributed by atoms with E-state index >= 15 is 0 Å². The fourth-order valence-corrected chi connectivity index (χ4v) is 4.20. The molecule has 4 heteroatoms. The molecule has 0 unspecified atom stereocenters. The van der Waals surface area contributed by atoms with Gasteiger partial charge in [-0.2, -0.15) is 5.10 Å². The van der Waals surface area contributed by atoms with Gasteiger partial charge in [0, 0.05) is 5.41 Å². The van der Waals surface area contributed by atoms with E-state index in [0.29, 0.717) is 6.42 Å². The van der Waals surface area contributed by atoms with Crippen molar-refractivity contribution in [3.05, 3.63) is 107 Å². The van der Waals surface area contributed by atoms with E-state index in [1.165, 1.54) is 12.1 Å². The highest BCUT2D eigenvalue weighted by Crippen LogP contribution is 2.58. The molecule has 4 rings (SSSR count). The summed E-state index contributed by atoms with van der Waals surface area (Å²) in [5, 5.41) is 4.42. The van der Waals surface area contributed by atoms with Crippen LogP contribution >= 0.6 is 0 Å². The molecule has 0 aromatic heterocycles. The van der Waals surface area contributed by atoms with Gasteiger partial charge >= 0.3 is 0 Å². The van der Waals surface area contributed by atoms with E-state index in [4.69, 9.17) is 0 Å². The highest BCUT2D eigenvalue weighted by molar-refractivity contribution is 6.01. The topological polar surface area (TPSA) is 41.5 Å². The average Bonchev–Trinajstić information content (AvgIpc) is 3.55. The summed E-state index contributed by atoms with van der Waals surface area (Å²) in [7, 11) is 0. The summed E-state index contributed by atoms with van der Waals surface area (Å²) >= 11 is 0. The second-order valence-electron chi connectivity index (χ2n) is 7.75. The Morgan fingerprint density at radius 3 is 2.07 bits per heavy atom. The fourth-order valence-electron chi connectivity index (χ4n) is 4.20. The molecule has 1 amide bonds. The third kappa shape index (κ3) is 3.90. The van der Waals surface area contributed by atoms with Crippen molar-refractivity contribution in [2.45, 2.75) is 31.6 Å². The molecular weight excluding hydrogens is 375 g/mol. The van der Waals surface area contributed by atoms with E-state index in [2.05, 4.69) is 41.7 Å². The molecule has 1 N–H and O–H groups in total. The van der Waals surface area contributed by atoms with Gasteiger partial charge in [-0.1, -0.05) is 86.1 Å². The van der Waals surface area contributed by atoms with E-state index in [1.807, 2.05) is 36.4 Å². The molecule has 3 aromatic carbocycles. The lowest BCUT2D eigenvalue weighted by molar-refractivity contribution is -0.122. The molecule has 0 bridgehead atoms. The zero-order valence-corrected chi connectivity index (χ0v) is 17.0. The second-order valence-corrected chi connectivity index (χ2v) is 7.75. The van der Waals surface area contributed by atoms with Crippen molar-refractivity contribution in [3.63, 3.8) is 0 Å². The lowest BCUT2D eigenvalue weighted by Gasteiger charge is -2.18. The van der Waals surface area contributed by atoms with Crippen molar-refractivity contribution in [3.8, 4) is 0 Å². The molecule has 1 aliphatic rings. The van der Waals surface area contributed by atoms with Gasteiger partial charge in [0.05, 0.1) is 11.6 Å². The number of nitrogens with zero attached hydrogens (tertiary/aromatic N) is 1. The van der Waals surface area contributed by atoms with Gasteiger partial charge < -0.3 is 0 Å². The number of amides is 1. The number of halogens is 1. The maximum absolute atomic E-state index is 13.3. The van der Waals surface area contributed by atoms with Crippen molar-refractivity contribution in [1.82, 2.24) is 5.43 Å². The third-order valence-electron chi connectivity index (χ3n) is 5.82. The molecule has 0 heterocycles. The van der Waals surface area contributed by atoms with Crippen LogP contribution < -0.4 is 5.43 Å². The van der Waals surface area contributed by atoms with Crippen molar-refractivity contribution < 1.29 is 9.18 Å². The van der Waals surface area contributed by atoms with Crippen molar-refractivity contribution >= 4 is 11.6 Å². The molecule has 30 heavy (non-hydrogen) atoms. The van der Waals surface area contributed by atoms with Gasteiger partial charge in [0.15, 0.2) is 0 Å². The van der Waals surface area contributed by atoms with Gasteiger partial charge in [-0.25, -0.2) is 9.82 Å². The van der Waals surface area contributed by atoms with E-state index in [1.54, 1.807) is 12.1 Å². The maximum atomic E-state index is 13.3. The van der Waals surface area contributed by atoms with Crippen LogP contribution in [0.5, 0.6) is 0 Å². The maximum Gasteiger partial charge on any atom is 0.244 e. The summed E-state index contributed by atoms with van der Waals surface area (Å²) in [6.45, 7) is 2.05. The summed E-state index contributed by atoms with van der Waals surface area (Å²) < 4.78 is 13.3. The molecule has 1 saturated carbocycles. The Morgan fingerprint density at radius 1 is 0.967 bits per heavy atom. The van der Waals surface area contributed by atoms with E-state index in [-0.39, 0.29) is 23.1 Å². The standard InChI is InChI=1S/C26H25FN2O/c1-2-9-24(19-14-16-22(27)17-15-19)28-29-25(30)23-18-26(23,20-10-5-3-6-11-20)21-12-7-4-8-13-21/h3-8,10-17,23H,2,9,18H2,1H3,(H,29,30)/t23-/m0/s1. The predicted molar refractivity (Wildman–Crippen MR) is 118 cm³/mol. The lowest BCUT2D eigenvalue weighted by Crippen LogP contribution is -2.26. The van der Waals surface area contributed by atoms with E-state index < -0.39 is 0 Å². The average molecular weight is 400 g/mol. The molecular formula is C26H25FN2O. The predicted octanol–water partition coefficient (Wildman–Crippen LogP) is 5.45. The first-order valence-corrected chi connectivity index (χ1v) is 10.4. The van der Waals surface area contributed by atoms with Crippen LogP contribution in [0.2, 0.25) is 0 Å². The Bertz CT molecular complexity index is 990. The van der Waals surface area contributed by atoms with Crippen LogP contribution in [0.3, 0.4) is 0 Å². The van der Waals surface area contributed by atoms with E-state index in [9.17, 15) is 9.18 Å². The second kappa shape index (κ2) is 8.62. The zero-order valence-electron chi connectivity index (χ0n) is 17.0. The molecule has 0 radical (unpaired) electrons. The first-order chi connectivity index (χ1) is 14.6. The van der Waals surface area contributed by atoms with Crippen LogP contribution in [0.25, 0.3) is 0 Å². The smallest absolute Gasteiger partial charge is 0.244 e. The first kappa shape index (κ1) is 20.0. The third-order valence-corrected chi connectivity index (χ3v) is 5.82. The largest absolute Gasteiger partial charge is 0.273 e. The normalized spacial score (nSPS) is 17.4. The Labute approximate surface area is 176 Å². The number of nitrogens with one attached hydrogen (secondary N) is 1. The molecule has 0 saturated heterocycles. The van der Waals surface area contributed by atoms with Gasteiger partial charge in [0.1, 0.15) is 5.82 Å². The number of hydrogen-bond donors (Lipinski definition) is 1. The van der Waals surface area contributed by atoms with Crippen molar-refractivity contribution in [2.24, 2.45) is 11.0 Å². The first-order valence-electron chi connectivity index (χ1n) is 10.4. The highest BCUT2D eigenvalue weighted by Gasteiger charge is 2.60. The van der Waals surface area contributed by atoms with Crippen molar-refractivity contribution in [2.75, 3.05) is 0 Å².